The molecular weight excluding hydrogens is 284 g/mol. The molecule has 1 aliphatic carbocycles. The molecule has 0 aromatic heterocycles. The standard InChI is InChI=1S/C17H28O5/c1-4-21-16(19)15(17(20)22-5-2)14(11-12(3)18)13-9-7-6-8-10-13/h13-15H,4-11H2,1-3H3/t14-/m1/s1. The van der Waals surface area contributed by atoms with Crippen LogP contribution in [0.5, 0.6) is 0 Å². The van der Waals surface area contributed by atoms with Gasteiger partial charge in [0.15, 0.2) is 5.92 Å². The van der Waals surface area contributed by atoms with E-state index in [1.54, 1.807) is 13.8 Å². The maximum Gasteiger partial charge on any atom is 0.320 e. The first-order valence-electron chi connectivity index (χ1n) is 8.33. The third-order valence-corrected chi connectivity index (χ3v) is 4.29. The largest absolute Gasteiger partial charge is 0.465 e. The van der Waals surface area contributed by atoms with Crippen molar-refractivity contribution in [2.75, 3.05) is 13.2 Å². The predicted molar refractivity (Wildman–Crippen MR) is 82.1 cm³/mol. The van der Waals surface area contributed by atoms with Crippen LogP contribution in [0.25, 0.3) is 0 Å². The van der Waals surface area contributed by atoms with Crippen molar-refractivity contribution in [2.45, 2.75) is 59.3 Å². The summed E-state index contributed by atoms with van der Waals surface area (Å²) in [5.74, 6) is -2.20. The predicted octanol–water partition coefficient (Wildman–Crippen LogP) is 2.90. The number of hydrogen-bond donors (Lipinski definition) is 0. The summed E-state index contributed by atoms with van der Waals surface area (Å²) < 4.78 is 10.1. The highest BCUT2D eigenvalue weighted by Crippen LogP contribution is 2.37. The SMILES string of the molecule is CCOC(=O)C(C(=O)OCC)[C@H](CC(C)=O)C1CCCCC1. The van der Waals surface area contributed by atoms with Crippen molar-refractivity contribution in [1.29, 1.82) is 0 Å². The zero-order valence-electron chi connectivity index (χ0n) is 13.9. The monoisotopic (exact) mass is 312 g/mol. The molecule has 0 aromatic rings. The number of rotatable bonds is 8. The number of Topliss-reactive ketones (excluding diaryl/α,β-unsaturated/α-hetero) is 1. The van der Waals surface area contributed by atoms with Crippen LogP contribution in [0.4, 0.5) is 0 Å². The van der Waals surface area contributed by atoms with E-state index < -0.39 is 17.9 Å². The van der Waals surface area contributed by atoms with Crippen molar-refractivity contribution in [3.8, 4) is 0 Å². The van der Waals surface area contributed by atoms with E-state index in [1.807, 2.05) is 0 Å². The lowest BCUT2D eigenvalue weighted by molar-refractivity contribution is -0.166. The van der Waals surface area contributed by atoms with Crippen molar-refractivity contribution < 1.29 is 23.9 Å². The Bertz CT molecular complexity index is 367. The molecular formula is C17H28O5. The van der Waals surface area contributed by atoms with Gasteiger partial charge in [0.25, 0.3) is 0 Å². The molecule has 1 fully saturated rings. The number of carbonyl (C=O) groups is 3. The average Bonchev–Trinajstić information content (AvgIpc) is 2.47. The van der Waals surface area contributed by atoms with E-state index in [-0.39, 0.29) is 37.3 Å². The minimum atomic E-state index is -0.980. The number of hydrogen-bond acceptors (Lipinski definition) is 5. The summed E-state index contributed by atoms with van der Waals surface area (Å²) in [4.78, 5) is 36.2. The Labute approximate surface area is 132 Å². The van der Waals surface area contributed by atoms with Crippen molar-refractivity contribution in [3.05, 3.63) is 0 Å². The molecule has 1 aliphatic rings. The quantitative estimate of drug-likeness (QED) is 0.509. The lowest BCUT2D eigenvalue weighted by Crippen LogP contribution is -2.39. The minimum absolute atomic E-state index is 0.00540. The molecule has 0 aromatic carbocycles. The fourth-order valence-corrected chi connectivity index (χ4v) is 3.36. The summed E-state index contributed by atoms with van der Waals surface area (Å²) in [5, 5.41) is 0. The highest BCUT2D eigenvalue weighted by atomic mass is 16.6. The van der Waals surface area contributed by atoms with Crippen LogP contribution in [0, 0.1) is 17.8 Å². The van der Waals surface area contributed by atoms with Gasteiger partial charge in [0.1, 0.15) is 5.78 Å². The van der Waals surface area contributed by atoms with Gasteiger partial charge in [-0.25, -0.2) is 0 Å². The number of esters is 2. The summed E-state index contributed by atoms with van der Waals surface area (Å²) >= 11 is 0. The molecule has 1 atom stereocenters. The molecule has 0 unspecified atom stereocenters. The third-order valence-electron chi connectivity index (χ3n) is 4.29. The molecule has 0 heterocycles. The molecule has 0 radical (unpaired) electrons. The molecule has 1 saturated carbocycles. The molecule has 0 N–H and O–H groups in total. The molecule has 22 heavy (non-hydrogen) atoms. The van der Waals surface area contributed by atoms with Crippen molar-refractivity contribution in [1.82, 2.24) is 0 Å². The van der Waals surface area contributed by atoms with Crippen LogP contribution >= 0.6 is 0 Å². The highest BCUT2D eigenvalue weighted by Gasteiger charge is 2.42. The Morgan fingerprint density at radius 3 is 1.86 bits per heavy atom. The van der Waals surface area contributed by atoms with Gasteiger partial charge in [-0.15, -0.1) is 0 Å². The van der Waals surface area contributed by atoms with E-state index in [0.717, 1.165) is 25.7 Å². The zero-order valence-corrected chi connectivity index (χ0v) is 13.9. The van der Waals surface area contributed by atoms with E-state index in [4.69, 9.17) is 9.47 Å². The summed E-state index contributed by atoms with van der Waals surface area (Å²) in [7, 11) is 0. The van der Waals surface area contributed by atoms with Gasteiger partial charge in [-0.2, -0.15) is 0 Å². The van der Waals surface area contributed by atoms with E-state index in [1.165, 1.54) is 13.3 Å². The Kier molecular flexibility index (Phi) is 8.13. The fourth-order valence-electron chi connectivity index (χ4n) is 3.36. The Morgan fingerprint density at radius 2 is 1.45 bits per heavy atom. The normalized spacial score (nSPS) is 17.1. The van der Waals surface area contributed by atoms with E-state index in [9.17, 15) is 14.4 Å². The average molecular weight is 312 g/mol. The third kappa shape index (κ3) is 5.43. The van der Waals surface area contributed by atoms with Crippen LogP contribution in [0.1, 0.15) is 59.3 Å². The van der Waals surface area contributed by atoms with Crippen molar-refractivity contribution >= 4 is 17.7 Å². The fraction of sp³-hybridized carbons (Fsp3) is 0.824. The van der Waals surface area contributed by atoms with Gasteiger partial charge in [0.2, 0.25) is 0 Å². The van der Waals surface area contributed by atoms with Crippen LogP contribution in [0.3, 0.4) is 0 Å². The van der Waals surface area contributed by atoms with Crippen molar-refractivity contribution in [3.63, 3.8) is 0 Å². The lowest BCUT2D eigenvalue weighted by Gasteiger charge is -2.33. The molecule has 0 spiro atoms. The number of ether oxygens (including phenoxy) is 2. The van der Waals surface area contributed by atoms with E-state index in [0.29, 0.717) is 0 Å². The summed E-state index contributed by atoms with van der Waals surface area (Å²) in [6, 6.07) is 0. The molecule has 0 aliphatic heterocycles. The molecule has 0 saturated heterocycles. The number of ketones is 1. The summed E-state index contributed by atoms with van der Waals surface area (Å²) in [6.45, 7) is 5.35. The second kappa shape index (κ2) is 9.59. The minimum Gasteiger partial charge on any atom is -0.465 e. The van der Waals surface area contributed by atoms with Gasteiger partial charge in [0, 0.05) is 6.42 Å². The second-order valence-electron chi connectivity index (χ2n) is 5.95. The molecule has 126 valence electrons. The van der Waals surface area contributed by atoms with E-state index in [2.05, 4.69) is 0 Å². The first-order chi connectivity index (χ1) is 10.5. The Morgan fingerprint density at radius 1 is 0.955 bits per heavy atom. The molecule has 1 rings (SSSR count). The van der Waals surface area contributed by atoms with Gasteiger partial charge < -0.3 is 14.3 Å². The highest BCUT2D eigenvalue weighted by molar-refractivity contribution is 5.96. The van der Waals surface area contributed by atoms with Crippen LogP contribution in [0.2, 0.25) is 0 Å². The lowest BCUT2D eigenvalue weighted by atomic mass is 9.72. The summed E-state index contributed by atoms with van der Waals surface area (Å²) in [6.07, 6.45) is 5.47. The van der Waals surface area contributed by atoms with E-state index >= 15 is 0 Å². The van der Waals surface area contributed by atoms with Crippen molar-refractivity contribution in [2.24, 2.45) is 17.8 Å². The van der Waals surface area contributed by atoms with Gasteiger partial charge in [-0.3, -0.25) is 9.59 Å². The van der Waals surface area contributed by atoms with Crippen LogP contribution < -0.4 is 0 Å². The first kappa shape index (κ1) is 18.7. The van der Waals surface area contributed by atoms with Crippen LogP contribution in [-0.4, -0.2) is 30.9 Å². The Balaban J connectivity index is 3.01. The number of carbonyl (C=O) groups excluding carboxylic acids is 3. The molecule has 5 heteroatoms. The smallest absolute Gasteiger partial charge is 0.320 e. The first-order valence-corrected chi connectivity index (χ1v) is 8.33. The summed E-state index contributed by atoms with van der Waals surface area (Å²) in [5.41, 5.74) is 0. The maximum atomic E-state index is 12.3. The van der Waals surface area contributed by atoms with Gasteiger partial charge in [0.05, 0.1) is 13.2 Å². The molecule has 0 bridgehead atoms. The molecule has 5 nitrogen and oxygen atoms in total. The van der Waals surface area contributed by atoms with Gasteiger partial charge in [-0.1, -0.05) is 32.1 Å². The zero-order chi connectivity index (χ0) is 16.5. The second-order valence-corrected chi connectivity index (χ2v) is 5.95. The van der Waals surface area contributed by atoms with Gasteiger partial charge in [-0.05, 0) is 32.6 Å². The van der Waals surface area contributed by atoms with Crippen LogP contribution in [-0.2, 0) is 23.9 Å². The maximum absolute atomic E-state index is 12.3. The topological polar surface area (TPSA) is 69.7 Å². The van der Waals surface area contributed by atoms with Gasteiger partial charge >= 0.3 is 11.9 Å². The Hall–Kier alpha value is -1.39. The molecule has 0 amide bonds. The van der Waals surface area contributed by atoms with Crippen LogP contribution in [0.15, 0.2) is 0 Å².